The number of nitrogens with zero attached hydrogens (tertiary/aromatic N) is 2. The van der Waals surface area contributed by atoms with Gasteiger partial charge in [-0.25, -0.2) is 0 Å². The van der Waals surface area contributed by atoms with Crippen LogP contribution < -0.4 is 5.32 Å². The lowest BCUT2D eigenvalue weighted by Crippen LogP contribution is -2.32. The summed E-state index contributed by atoms with van der Waals surface area (Å²) < 4.78 is 5.54. The monoisotopic (exact) mass is 323 g/mol. The maximum Gasteiger partial charge on any atom is 0.302 e. The first-order valence-corrected chi connectivity index (χ1v) is 7.72. The maximum atomic E-state index is 12.7. The largest absolute Gasteiger partial charge is 0.423 e. The number of hydroxylamine groups is 2. The SMILES string of the molecule is CC1(C)c2cccc(C(=O)Nc3nc4ccccc4o3)c2CN1O. The number of anilines is 1. The van der Waals surface area contributed by atoms with Gasteiger partial charge in [0.1, 0.15) is 5.52 Å². The number of hydrogen-bond donors (Lipinski definition) is 2. The highest BCUT2D eigenvalue weighted by Gasteiger charge is 2.38. The normalized spacial score (nSPS) is 16.3. The summed E-state index contributed by atoms with van der Waals surface area (Å²) in [4.78, 5) is 16.9. The number of rotatable bonds is 2. The number of benzene rings is 2. The Morgan fingerprint density at radius 1 is 1.25 bits per heavy atom. The van der Waals surface area contributed by atoms with E-state index in [1.165, 1.54) is 5.06 Å². The van der Waals surface area contributed by atoms with Crippen molar-refractivity contribution in [1.29, 1.82) is 0 Å². The van der Waals surface area contributed by atoms with Gasteiger partial charge >= 0.3 is 6.01 Å². The zero-order valence-electron chi connectivity index (χ0n) is 13.4. The number of nitrogens with one attached hydrogen (secondary N) is 1. The summed E-state index contributed by atoms with van der Waals surface area (Å²) in [6.45, 7) is 4.14. The molecule has 3 aromatic rings. The second-order valence-electron chi connectivity index (χ2n) is 6.39. The van der Waals surface area contributed by atoms with Crippen molar-refractivity contribution in [1.82, 2.24) is 10.0 Å². The van der Waals surface area contributed by atoms with Crippen LogP contribution in [0.2, 0.25) is 0 Å². The van der Waals surface area contributed by atoms with Crippen LogP contribution in [0.3, 0.4) is 0 Å². The molecular formula is C18H17N3O3. The summed E-state index contributed by atoms with van der Waals surface area (Å²) in [5, 5.41) is 14.1. The lowest BCUT2D eigenvalue weighted by Gasteiger charge is -2.26. The number of aromatic nitrogens is 1. The summed E-state index contributed by atoms with van der Waals surface area (Å²) in [7, 11) is 0. The van der Waals surface area contributed by atoms with Gasteiger partial charge in [-0.05, 0) is 43.2 Å². The van der Waals surface area contributed by atoms with Crippen LogP contribution in [0.5, 0.6) is 0 Å². The lowest BCUT2D eigenvalue weighted by atomic mass is 9.92. The van der Waals surface area contributed by atoms with Gasteiger partial charge in [-0.3, -0.25) is 10.1 Å². The van der Waals surface area contributed by atoms with Crippen LogP contribution in [0.1, 0.15) is 35.3 Å². The Labute approximate surface area is 138 Å². The predicted molar refractivity (Wildman–Crippen MR) is 88.8 cm³/mol. The second-order valence-corrected chi connectivity index (χ2v) is 6.39. The van der Waals surface area contributed by atoms with Crippen LogP contribution in [0.15, 0.2) is 46.9 Å². The number of carbonyl (C=O) groups excluding carboxylic acids is 1. The molecule has 0 saturated heterocycles. The summed E-state index contributed by atoms with van der Waals surface area (Å²) in [6, 6.07) is 13.0. The summed E-state index contributed by atoms with van der Waals surface area (Å²) in [5.74, 6) is -0.301. The number of oxazole rings is 1. The smallest absolute Gasteiger partial charge is 0.302 e. The molecule has 0 aliphatic carbocycles. The van der Waals surface area contributed by atoms with Gasteiger partial charge in [-0.15, -0.1) is 0 Å². The molecule has 4 rings (SSSR count). The first kappa shape index (κ1) is 14.9. The molecule has 2 N–H and O–H groups in total. The van der Waals surface area contributed by atoms with Crippen molar-refractivity contribution < 1.29 is 14.4 Å². The van der Waals surface area contributed by atoms with E-state index in [9.17, 15) is 10.0 Å². The summed E-state index contributed by atoms with van der Waals surface area (Å²) in [6.07, 6.45) is 0. The Kier molecular flexibility index (Phi) is 3.19. The van der Waals surface area contributed by atoms with Crippen molar-refractivity contribution in [2.24, 2.45) is 0 Å². The third kappa shape index (κ3) is 2.19. The molecule has 24 heavy (non-hydrogen) atoms. The van der Waals surface area contributed by atoms with Gasteiger partial charge in [0, 0.05) is 5.56 Å². The van der Waals surface area contributed by atoms with Crippen molar-refractivity contribution in [3.63, 3.8) is 0 Å². The van der Waals surface area contributed by atoms with Crippen LogP contribution in [0, 0.1) is 0 Å². The zero-order chi connectivity index (χ0) is 16.9. The molecule has 0 bridgehead atoms. The Hall–Kier alpha value is -2.70. The van der Waals surface area contributed by atoms with Crippen molar-refractivity contribution in [2.75, 3.05) is 5.32 Å². The van der Waals surface area contributed by atoms with E-state index >= 15 is 0 Å². The Morgan fingerprint density at radius 3 is 2.83 bits per heavy atom. The van der Waals surface area contributed by atoms with E-state index in [-0.39, 0.29) is 11.9 Å². The number of amides is 1. The average molecular weight is 323 g/mol. The molecule has 0 spiro atoms. The number of para-hydroxylation sites is 2. The van der Waals surface area contributed by atoms with Gasteiger partial charge in [0.2, 0.25) is 0 Å². The Bertz CT molecular complexity index is 913. The van der Waals surface area contributed by atoms with Gasteiger partial charge in [-0.2, -0.15) is 10.0 Å². The van der Waals surface area contributed by atoms with E-state index in [0.717, 1.165) is 11.1 Å². The quantitative estimate of drug-likeness (QED) is 0.754. The minimum Gasteiger partial charge on any atom is -0.423 e. The summed E-state index contributed by atoms with van der Waals surface area (Å²) in [5.41, 5.74) is 3.05. The number of carbonyl (C=O) groups is 1. The van der Waals surface area contributed by atoms with E-state index in [1.807, 2.05) is 44.2 Å². The third-order valence-corrected chi connectivity index (χ3v) is 4.55. The molecule has 2 heterocycles. The molecule has 0 saturated carbocycles. The molecule has 1 amide bonds. The molecule has 0 radical (unpaired) electrons. The fraction of sp³-hybridized carbons (Fsp3) is 0.222. The molecule has 6 heteroatoms. The minimum absolute atomic E-state index is 0.164. The van der Waals surface area contributed by atoms with Gasteiger partial charge in [0.15, 0.2) is 5.58 Å². The fourth-order valence-corrected chi connectivity index (χ4v) is 3.12. The summed E-state index contributed by atoms with van der Waals surface area (Å²) >= 11 is 0. The number of fused-ring (bicyclic) bond motifs is 2. The van der Waals surface area contributed by atoms with E-state index in [0.29, 0.717) is 23.2 Å². The van der Waals surface area contributed by atoms with Gasteiger partial charge < -0.3 is 9.62 Å². The maximum absolute atomic E-state index is 12.7. The molecule has 2 aromatic carbocycles. The molecular weight excluding hydrogens is 306 g/mol. The molecule has 6 nitrogen and oxygen atoms in total. The molecule has 0 atom stereocenters. The minimum atomic E-state index is -0.525. The van der Waals surface area contributed by atoms with Crippen LogP contribution >= 0.6 is 0 Å². The first-order chi connectivity index (χ1) is 11.5. The number of hydrogen-bond acceptors (Lipinski definition) is 5. The third-order valence-electron chi connectivity index (χ3n) is 4.55. The molecule has 0 unspecified atom stereocenters. The van der Waals surface area contributed by atoms with Crippen LogP contribution in [0.25, 0.3) is 11.1 Å². The molecule has 1 aliphatic heterocycles. The second kappa shape index (κ2) is 5.15. The van der Waals surface area contributed by atoms with Crippen LogP contribution in [-0.4, -0.2) is 21.2 Å². The van der Waals surface area contributed by atoms with Crippen molar-refractivity contribution in [3.05, 3.63) is 59.2 Å². The molecule has 1 aromatic heterocycles. The average Bonchev–Trinajstić information content (AvgIpc) is 3.06. The molecule has 122 valence electrons. The molecule has 1 aliphatic rings. The predicted octanol–water partition coefficient (Wildman–Crippen LogP) is 3.52. The van der Waals surface area contributed by atoms with E-state index in [1.54, 1.807) is 12.1 Å². The van der Waals surface area contributed by atoms with Gasteiger partial charge in [0.25, 0.3) is 5.91 Å². The Balaban J connectivity index is 1.68. The highest BCUT2D eigenvalue weighted by Crippen LogP contribution is 2.38. The van der Waals surface area contributed by atoms with Gasteiger partial charge in [-0.1, -0.05) is 24.3 Å². The van der Waals surface area contributed by atoms with Crippen LogP contribution in [0.4, 0.5) is 6.01 Å². The van der Waals surface area contributed by atoms with Crippen LogP contribution in [-0.2, 0) is 12.1 Å². The van der Waals surface area contributed by atoms with Crippen molar-refractivity contribution in [2.45, 2.75) is 25.9 Å². The first-order valence-electron chi connectivity index (χ1n) is 7.72. The Morgan fingerprint density at radius 2 is 2.04 bits per heavy atom. The standard InChI is InChI=1S/C18H17N3O3/c1-18(2)13-7-5-6-11(12(13)10-21(18)23)16(22)20-17-19-14-8-3-4-9-15(14)24-17/h3-9,23H,10H2,1-2H3,(H,19,20,22). The zero-order valence-corrected chi connectivity index (χ0v) is 13.4. The van der Waals surface area contributed by atoms with E-state index in [2.05, 4.69) is 10.3 Å². The fourth-order valence-electron chi connectivity index (χ4n) is 3.12. The van der Waals surface area contributed by atoms with Crippen molar-refractivity contribution in [3.8, 4) is 0 Å². The van der Waals surface area contributed by atoms with Crippen molar-refractivity contribution >= 4 is 23.0 Å². The van der Waals surface area contributed by atoms with E-state index < -0.39 is 5.54 Å². The lowest BCUT2D eigenvalue weighted by molar-refractivity contribution is -0.161. The highest BCUT2D eigenvalue weighted by atomic mass is 16.5. The highest BCUT2D eigenvalue weighted by molar-refractivity contribution is 6.05. The molecule has 0 fully saturated rings. The van der Waals surface area contributed by atoms with Gasteiger partial charge in [0.05, 0.1) is 12.1 Å². The topological polar surface area (TPSA) is 78.6 Å². The van der Waals surface area contributed by atoms with E-state index in [4.69, 9.17) is 4.42 Å².